The zero-order valence-corrected chi connectivity index (χ0v) is 11.1. The summed E-state index contributed by atoms with van der Waals surface area (Å²) >= 11 is 0. The number of hydrogen-bond donors (Lipinski definition) is 3. The molecule has 0 saturated heterocycles. The average Bonchev–Trinajstić information content (AvgIpc) is 3.11. The van der Waals surface area contributed by atoms with Gasteiger partial charge in [-0.3, -0.25) is 0 Å². The number of anilines is 1. The normalized spacial score (nSPS) is 11.2. The number of aromatic nitrogens is 3. The van der Waals surface area contributed by atoms with Gasteiger partial charge in [-0.2, -0.15) is 0 Å². The molecular formula is C16H14N4. The topological polar surface area (TPSA) is 56.5 Å². The molecular weight excluding hydrogens is 248 g/mol. The van der Waals surface area contributed by atoms with Gasteiger partial charge in [0.25, 0.3) is 0 Å². The quantitative estimate of drug-likeness (QED) is 0.515. The predicted molar refractivity (Wildman–Crippen MR) is 82.9 cm³/mol. The zero-order chi connectivity index (χ0) is 13.5. The number of fused-ring (bicyclic) bond motifs is 2. The van der Waals surface area contributed by atoms with Gasteiger partial charge in [-0.15, -0.1) is 0 Å². The van der Waals surface area contributed by atoms with Crippen molar-refractivity contribution < 1.29 is 0 Å². The first-order valence-electron chi connectivity index (χ1n) is 6.58. The number of hydrogen-bond acceptors (Lipinski definition) is 2. The molecule has 0 fully saturated rings. The van der Waals surface area contributed by atoms with Gasteiger partial charge in [-0.1, -0.05) is 0 Å². The Morgan fingerprint density at radius 3 is 2.85 bits per heavy atom. The molecule has 0 amide bonds. The summed E-state index contributed by atoms with van der Waals surface area (Å²) in [4.78, 5) is 11.2. The number of benzene rings is 2. The second-order valence-corrected chi connectivity index (χ2v) is 4.85. The number of nitrogens with one attached hydrogen (secondary N) is 3. The zero-order valence-electron chi connectivity index (χ0n) is 11.1. The van der Waals surface area contributed by atoms with E-state index >= 15 is 0 Å². The molecule has 4 nitrogen and oxygen atoms in total. The summed E-state index contributed by atoms with van der Waals surface area (Å²) in [5.41, 5.74) is 5.34. The maximum atomic E-state index is 4.66. The highest BCUT2D eigenvalue weighted by atomic mass is 14.9. The number of nitrogens with zero attached hydrogens (tertiary/aromatic N) is 1. The van der Waals surface area contributed by atoms with Crippen LogP contribution in [0.25, 0.3) is 33.3 Å². The van der Waals surface area contributed by atoms with Gasteiger partial charge >= 0.3 is 0 Å². The predicted octanol–water partition coefficient (Wildman–Crippen LogP) is 3.75. The van der Waals surface area contributed by atoms with Gasteiger partial charge in [-0.25, -0.2) is 4.98 Å². The summed E-state index contributed by atoms with van der Waals surface area (Å²) < 4.78 is 0. The molecule has 0 atom stereocenters. The molecule has 4 aromatic rings. The van der Waals surface area contributed by atoms with E-state index in [9.17, 15) is 0 Å². The maximum absolute atomic E-state index is 4.66. The van der Waals surface area contributed by atoms with Crippen LogP contribution in [0.15, 0.2) is 48.7 Å². The van der Waals surface area contributed by atoms with Crippen molar-refractivity contribution in [2.45, 2.75) is 0 Å². The largest absolute Gasteiger partial charge is 0.388 e. The molecule has 0 radical (unpaired) electrons. The molecule has 20 heavy (non-hydrogen) atoms. The lowest BCUT2D eigenvalue weighted by atomic mass is 10.1. The van der Waals surface area contributed by atoms with E-state index in [0.717, 1.165) is 33.6 Å². The lowest BCUT2D eigenvalue weighted by Crippen LogP contribution is -1.86. The van der Waals surface area contributed by atoms with Crippen LogP contribution >= 0.6 is 0 Å². The third-order valence-electron chi connectivity index (χ3n) is 3.60. The summed E-state index contributed by atoms with van der Waals surface area (Å²) in [6, 6.07) is 14.5. The molecule has 2 aromatic carbocycles. The van der Waals surface area contributed by atoms with Crippen LogP contribution in [0.1, 0.15) is 0 Å². The number of H-pyrrole nitrogens is 2. The van der Waals surface area contributed by atoms with E-state index in [2.05, 4.69) is 50.6 Å². The minimum atomic E-state index is 0.899. The van der Waals surface area contributed by atoms with Crippen molar-refractivity contribution in [1.82, 2.24) is 15.0 Å². The Balaban J connectivity index is 1.87. The number of aromatic amines is 2. The van der Waals surface area contributed by atoms with Crippen LogP contribution in [0.4, 0.5) is 5.69 Å². The van der Waals surface area contributed by atoms with Crippen LogP contribution < -0.4 is 5.32 Å². The Labute approximate surface area is 115 Å². The molecule has 98 valence electrons. The fraction of sp³-hybridized carbons (Fsp3) is 0.0625. The average molecular weight is 262 g/mol. The van der Waals surface area contributed by atoms with Gasteiger partial charge < -0.3 is 15.3 Å². The van der Waals surface area contributed by atoms with Gasteiger partial charge in [0.1, 0.15) is 5.82 Å². The fourth-order valence-corrected chi connectivity index (χ4v) is 2.50. The molecule has 3 N–H and O–H groups in total. The Kier molecular flexibility index (Phi) is 2.29. The minimum Gasteiger partial charge on any atom is -0.388 e. The smallest absolute Gasteiger partial charge is 0.138 e. The lowest BCUT2D eigenvalue weighted by Gasteiger charge is -1.97. The standard InChI is InChI=1S/C16H14N4/c1-17-12-3-5-14-15(9-12)20-16(19-14)11-2-4-13-10(8-11)6-7-18-13/h2-9,17-18H,1H3,(H,19,20). The van der Waals surface area contributed by atoms with Crippen molar-refractivity contribution in [3.8, 4) is 11.4 Å². The van der Waals surface area contributed by atoms with E-state index in [-0.39, 0.29) is 0 Å². The maximum Gasteiger partial charge on any atom is 0.138 e. The van der Waals surface area contributed by atoms with Crippen LogP contribution in [0.3, 0.4) is 0 Å². The van der Waals surface area contributed by atoms with Gasteiger partial charge in [0.15, 0.2) is 0 Å². The Morgan fingerprint density at radius 1 is 1.00 bits per heavy atom. The molecule has 0 saturated carbocycles. The summed E-state index contributed by atoms with van der Waals surface area (Å²) in [5.74, 6) is 0.899. The Bertz CT molecular complexity index is 901. The lowest BCUT2D eigenvalue weighted by molar-refractivity contribution is 1.34. The van der Waals surface area contributed by atoms with Crippen LogP contribution in [0, 0.1) is 0 Å². The Morgan fingerprint density at radius 2 is 1.95 bits per heavy atom. The first-order chi connectivity index (χ1) is 9.83. The molecule has 0 bridgehead atoms. The van der Waals surface area contributed by atoms with Gasteiger partial charge in [0, 0.05) is 35.4 Å². The Hall–Kier alpha value is -2.75. The van der Waals surface area contributed by atoms with Crippen molar-refractivity contribution in [3.63, 3.8) is 0 Å². The first-order valence-corrected chi connectivity index (χ1v) is 6.58. The minimum absolute atomic E-state index is 0.899. The monoisotopic (exact) mass is 262 g/mol. The third-order valence-corrected chi connectivity index (χ3v) is 3.60. The van der Waals surface area contributed by atoms with Crippen molar-refractivity contribution in [2.24, 2.45) is 0 Å². The van der Waals surface area contributed by atoms with Gasteiger partial charge in [-0.05, 0) is 42.5 Å². The van der Waals surface area contributed by atoms with Crippen molar-refractivity contribution in [1.29, 1.82) is 0 Å². The second-order valence-electron chi connectivity index (χ2n) is 4.85. The fourth-order valence-electron chi connectivity index (χ4n) is 2.50. The van der Waals surface area contributed by atoms with Crippen LogP contribution in [0.5, 0.6) is 0 Å². The molecule has 2 aromatic heterocycles. The molecule has 0 aliphatic carbocycles. The molecule has 0 aliphatic rings. The highest BCUT2D eigenvalue weighted by molar-refractivity contribution is 5.87. The number of imidazole rings is 1. The second kappa shape index (κ2) is 4.13. The summed E-state index contributed by atoms with van der Waals surface area (Å²) in [7, 11) is 1.91. The van der Waals surface area contributed by atoms with Gasteiger partial charge in [0.05, 0.1) is 11.0 Å². The summed E-state index contributed by atoms with van der Waals surface area (Å²) in [5, 5.41) is 4.33. The van der Waals surface area contributed by atoms with E-state index < -0.39 is 0 Å². The van der Waals surface area contributed by atoms with Crippen LogP contribution in [-0.2, 0) is 0 Å². The van der Waals surface area contributed by atoms with E-state index in [4.69, 9.17) is 0 Å². The molecule has 4 rings (SSSR count). The molecule has 2 heterocycles. The number of rotatable bonds is 2. The van der Waals surface area contributed by atoms with Crippen molar-refractivity contribution in [3.05, 3.63) is 48.7 Å². The summed E-state index contributed by atoms with van der Waals surface area (Å²) in [6.07, 6.45) is 1.95. The highest BCUT2D eigenvalue weighted by Gasteiger charge is 2.06. The highest BCUT2D eigenvalue weighted by Crippen LogP contribution is 2.25. The first kappa shape index (κ1) is 11.1. The third kappa shape index (κ3) is 1.66. The van der Waals surface area contributed by atoms with Crippen molar-refractivity contribution in [2.75, 3.05) is 12.4 Å². The molecule has 0 aliphatic heterocycles. The van der Waals surface area contributed by atoms with Gasteiger partial charge in [0.2, 0.25) is 0 Å². The molecule has 0 spiro atoms. The van der Waals surface area contributed by atoms with E-state index in [1.807, 2.05) is 25.4 Å². The van der Waals surface area contributed by atoms with E-state index in [1.165, 1.54) is 5.39 Å². The van der Waals surface area contributed by atoms with E-state index in [1.54, 1.807) is 0 Å². The molecule has 4 heteroatoms. The van der Waals surface area contributed by atoms with E-state index in [0.29, 0.717) is 0 Å². The van der Waals surface area contributed by atoms with Crippen LogP contribution in [-0.4, -0.2) is 22.0 Å². The molecule has 0 unspecified atom stereocenters. The van der Waals surface area contributed by atoms with Crippen LogP contribution in [0.2, 0.25) is 0 Å². The summed E-state index contributed by atoms with van der Waals surface area (Å²) in [6.45, 7) is 0. The SMILES string of the molecule is CNc1ccc2nc(-c3ccc4[nH]ccc4c3)[nH]c2c1. The van der Waals surface area contributed by atoms with Crippen molar-refractivity contribution >= 4 is 27.6 Å².